The first-order valence-electron chi connectivity index (χ1n) is 5.43. The first kappa shape index (κ1) is 13.5. The first-order valence-corrected chi connectivity index (χ1v) is 6.22. The Bertz CT molecular complexity index is 578. The molecule has 4 nitrogen and oxygen atoms in total. The molecular formula is C13H10BrFN2O2. The summed E-state index contributed by atoms with van der Waals surface area (Å²) in [6.07, 6.45) is 3.15. The monoisotopic (exact) mass is 324 g/mol. The van der Waals surface area contributed by atoms with Gasteiger partial charge in [0, 0.05) is 18.1 Å². The zero-order valence-electron chi connectivity index (χ0n) is 9.77. The predicted octanol–water partition coefficient (Wildman–Crippen LogP) is 3.00. The molecule has 1 N–H and O–H groups in total. The fraction of sp³-hybridized carbons (Fsp3) is 0.0769. The summed E-state index contributed by atoms with van der Waals surface area (Å²) in [6.45, 7) is -0.160. The normalized spacial score (nSPS) is 10.0. The van der Waals surface area contributed by atoms with Gasteiger partial charge in [0.05, 0.1) is 4.47 Å². The minimum atomic E-state index is -0.375. The maximum Gasteiger partial charge on any atom is 0.262 e. The lowest BCUT2D eigenvalue weighted by Crippen LogP contribution is -2.20. The molecule has 19 heavy (non-hydrogen) atoms. The number of rotatable bonds is 4. The summed E-state index contributed by atoms with van der Waals surface area (Å²) < 4.78 is 18.6. The molecule has 0 aliphatic carbocycles. The average Bonchev–Trinajstić information content (AvgIpc) is 2.39. The van der Waals surface area contributed by atoms with Crippen molar-refractivity contribution in [2.45, 2.75) is 0 Å². The zero-order chi connectivity index (χ0) is 13.7. The topological polar surface area (TPSA) is 51.2 Å². The number of halogens is 2. The lowest BCUT2D eigenvalue weighted by atomic mass is 10.3. The van der Waals surface area contributed by atoms with Crippen LogP contribution in [0.25, 0.3) is 0 Å². The fourth-order valence-corrected chi connectivity index (χ4v) is 1.83. The number of aromatic nitrogens is 1. The number of benzene rings is 1. The second-order valence-electron chi connectivity index (χ2n) is 3.65. The van der Waals surface area contributed by atoms with Crippen LogP contribution in [0.3, 0.4) is 0 Å². The molecular weight excluding hydrogens is 315 g/mol. The second-order valence-corrected chi connectivity index (χ2v) is 4.50. The molecule has 0 aliphatic heterocycles. The molecule has 0 spiro atoms. The third kappa shape index (κ3) is 4.03. The number of nitrogens with one attached hydrogen (secondary N) is 1. The van der Waals surface area contributed by atoms with Crippen molar-refractivity contribution in [3.63, 3.8) is 0 Å². The Morgan fingerprint density at radius 1 is 1.32 bits per heavy atom. The Morgan fingerprint density at radius 2 is 2.05 bits per heavy atom. The largest absolute Gasteiger partial charge is 0.483 e. The summed E-state index contributed by atoms with van der Waals surface area (Å²) in [5.41, 5.74) is 0.641. The summed E-state index contributed by atoms with van der Waals surface area (Å²) in [4.78, 5) is 15.5. The molecule has 0 bridgehead atoms. The Morgan fingerprint density at radius 3 is 2.74 bits per heavy atom. The number of pyridine rings is 1. The van der Waals surface area contributed by atoms with Gasteiger partial charge in [-0.3, -0.25) is 9.78 Å². The van der Waals surface area contributed by atoms with Crippen LogP contribution >= 0.6 is 15.9 Å². The molecule has 0 saturated carbocycles. The summed E-state index contributed by atoms with van der Waals surface area (Å²) in [5, 5.41) is 2.65. The van der Waals surface area contributed by atoms with Crippen LogP contribution in [0.15, 0.2) is 47.2 Å². The van der Waals surface area contributed by atoms with Gasteiger partial charge in [0.2, 0.25) is 0 Å². The fourth-order valence-electron chi connectivity index (χ4n) is 1.37. The van der Waals surface area contributed by atoms with Crippen LogP contribution in [0.4, 0.5) is 10.1 Å². The minimum Gasteiger partial charge on any atom is -0.483 e. The van der Waals surface area contributed by atoms with E-state index in [0.29, 0.717) is 15.9 Å². The molecule has 2 rings (SSSR count). The molecule has 1 aromatic carbocycles. The van der Waals surface area contributed by atoms with E-state index in [-0.39, 0.29) is 18.3 Å². The van der Waals surface area contributed by atoms with Crippen molar-refractivity contribution in [1.29, 1.82) is 0 Å². The van der Waals surface area contributed by atoms with Crippen LogP contribution in [-0.2, 0) is 4.79 Å². The number of hydrogen-bond donors (Lipinski definition) is 1. The lowest BCUT2D eigenvalue weighted by Gasteiger charge is -2.08. The highest BCUT2D eigenvalue weighted by atomic mass is 79.9. The van der Waals surface area contributed by atoms with Crippen molar-refractivity contribution in [2.24, 2.45) is 0 Å². The standard InChI is InChI=1S/C13H10BrFN2O2/c14-11-7-9(15)1-2-12(11)19-8-13(18)17-10-3-5-16-6-4-10/h1-7H,8H2,(H,16,17,18). The Kier molecular flexibility index (Phi) is 4.46. The quantitative estimate of drug-likeness (QED) is 0.940. The lowest BCUT2D eigenvalue weighted by molar-refractivity contribution is -0.118. The Balaban J connectivity index is 1.90. The van der Waals surface area contributed by atoms with Gasteiger partial charge in [-0.25, -0.2) is 4.39 Å². The van der Waals surface area contributed by atoms with Gasteiger partial charge < -0.3 is 10.1 Å². The third-order valence-corrected chi connectivity index (χ3v) is 2.84. The van der Waals surface area contributed by atoms with Crippen molar-refractivity contribution in [1.82, 2.24) is 4.98 Å². The Labute approximate surface area is 117 Å². The van der Waals surface area contributed by atoms with E-state index in [2.05, 4.69) is 26.2 Å². The van der Waals surface area contributed by atoms with Gasteiger partial charge in [-0.2, -0.15) is 0 Å². The molecule has 0 radical (unpaired) electrons. The van der Waals surface area contributed by atoms with Gasteiger partial charge in [-0.1, -0.05) is 0 Å². The molecule has 0 atom stereocenters. The van der Waals surface area contributed by atoms with E-state index < -0.39 is 0 Å². The van der Waals surface area contributed by atoms with E-state index in [1.54, 1.807) is 24.5 Å². The van der Waals surface area contributed by atoms with Crippen molar-refractivity contribution in [3.8, 4) is 5.75 Å². The maximum atomic E-state index is 12.9. The van der Waals surface area contributed by atoms with Gasteiger partial charge in [0.1, 0.15) is 11.6 Å². The summed E-state index contributed by atoms with van der Waals surface area (Å²) in [6, 6.07) is 7.34. The molecule has 1 heterocycles. The van der Waals surface area contributed by atoms with Crippen molar-refractivity contribution in [3.05, 3.63) is 53.0 Å². The number of carbonyl (C=O) groups is 1. The highest BCUT2D eigenvalue weighted by molar-refractivity contribution is 9.10. The molecule has 0 fully saturated rings. The van der Waals surface area contributed by atoms with E-state index in [4.69, 9.17) is 4.74 Å². The summed E-state index contributed by atoms with van der Waals surface area (Å²) in [7, 11) is 0. The van der Waals surface area contributed by atoms with Crippen LogP contribution in [-0.4, -0.2) is 17.5 Å². The molecule has 2 aromatic rings. The molecule has 1 aromatic heterocycles. The summed E-state index contributed by atoms with van der Waals surface area (Å²) in [5.74, 6) is -0.269. The van der Waals surface area contributed by atoms with Gasteiger partial charge in [0.25, 0.3) is 5.91 Å². The van der Waals surface area contributed by atoms with Gasteiger partial charge >= 0.3 is 0 Å². The van der Waals surface area contributed by atoms with E-state index in [1.807, 2.05) is 0 Å². The summed E-state index contributed by atoms with van der Waals surface area (Å²) >= 11 is 3.16. The number of nitrogens with zero attached hydrogens (tertiary/aromatic N) is 1. The smallest absolute Gasteiger partial charge is 0.262 e. The van der Waals surface area contributed by atoms with Crippen LogP contribution < -0.4 is 10.1 Å². The van der Waals surface area contributed by atoms with Crippen LogP contribution in [0.2, 0.25) is 0 Å². The maximum absolute atomic E-state index is 12.9. The highest BCUT2D eigenvalue weighted by Crippen LogP contribution is 2.25. The van der Waals surface area contributed by atoms with Gasteiger partial charge in [-0.15, -0.1) is 0 Å². The number of carbonyl (C=O) groups excluding carboxylic acids is 1. The van der Waals surface area contributed by atoms with Crippen LogP contribution in [0, 0.1) is 5.82 Å². The van der Waals surface area contributed by atoms with Gasteiger partial charge in [0.15, 0.2) is 6.61 Å². The Hall–Kier alpha value is -1.95. The van der Waals surface area contributed by atoms with E-state index in [9.17, 15) is 9.18 Å². The number of anilines is 1. The number of hydrogen-bond acceptors (Lipinski definition) is 3. The highest BCUT2D eigenvalue weighted by Gasteiger charge is 2.06. The van der Waals surface area contributed by atoms with Crippen LogP contribution in [0.5, 0.6) is 5.75 Å². The average molecular weight is 325 g/mol. The van der Waals surface area contributed by atoms with Crippen molar-refractivity contribution >= 4 is 27.5 Å². The predicted molar refractivity (Wildman–Crippen MR) is 72.5 cm³/mol. The van der Waals surface area contributed by atoms with Gasteiger partial charge in [-0.05, 0) is 46.3 Å². The van der Waals surface area contributed by atoms with E-state index >= 15 is 0 Å². The van der Waals surface area contributed by atoms with Crippen molar-refractivity contribution in [2.75, 3.05) is 11.9 Å². The first-order chi connectivity index (χ1) is 9.15. The number of amides is 1. The van der Waals surface area contributed by atoms with E-state index in [0.717, 1.165) is 0 Å². The van der Waals surface area contributed by atoms with Crippen LogP contribution in [0.1, 0.15) is 0 Å². The second kappa shape index (κ2) is 6.29. The molecule has 0 unspecified atom stereocenters. The molecule has 6 heteroatoms. The molecule has 0 aliphatic rings. The molecule has 98 valence electrons. The SMILES string of the molecule is O=C(COc1ccc(F)cc1Br)Nc1ccncc1. The zero-order valence-corrected chi connectivity index (χ0v) is 11.4. The molecule has 1 amide bonds. The minimum absolute atomic E-state index is 0.160. The van der Waals surface area contributed by atoms with E-state index in [1.165, 1.54) is 18.2 Å². The third-order valence-electron chi connectivity index (χ3n) is 2.22. The van der Waals surface area contributed by atoms with Crippen molar-refractivity contribution < 1.29 is 13.9 Å². The molecule has 0 saturated heterocycles. The number of ether oxygens (including phenoxy) is 1.